The number of esters is 1. The maximum absolute atomic E-state index is 12.0. The zero-order valence-corrected chi connectivity index (χ0v) is 11.6. The summed E-state index contributed by atoms with van der Waals surface area (Å²) >= 11 is 0. The first-order chi connectivity index (χ1) is 8.28. The maximum Gasteiger partial charge on any atom is 0.310 e. The number of aliphatic carboxylic acids is 1. The number of rotatable bonds is 5. The number of carboxylic acids is 1. The van der Waals surface area contributed by atoms with Crippen LogP contribution in [-0.2, 0) is 14.3 Å². The molecule has 0 aromatic carbocycles. The van der Waals surface area contributed by atoms with Gasteiger partial charge in [0, 0.05) is 0 Å². The highest BCUT2D eigenvalue weighted by Gasteiger charge is 2.30. The molecule has 0 aliphatic heterocycles. The lowest BCUT2D eigenvalue weighted by molar-refractivity contribution is -0.163. The van der Waals surface area contributed by atoms with Crippen LogP contribution in [-0.4, -0.2) is 22.6 Å². The molecule has 0 radical (unpaired) electrons. The SMILES string of the molecule is CC(C)(C)OC(=O)[C@@H](CC(=O)O)CC1CCCC1. The Kier molecular flexibility index (Phi) is 5.17. The summed E-state index contributed by atoms with van der Waals surface area (Å²) < 4.78 is 5.31. The summed E-state index contributed by atoms with van der Waals surface area (Å²) in [4.78, 5) is 22.8. The number of hydrogen-bond donors (Lipinski definition) is 1. The van der Waals surface area contributed by atoms with Crippen LogP contribution >= 0.6 is 0 Å². The Bertz CT molecular complexity index is 297. The van der Waals surface area contributed by atoms with Gasteiger partial charge in [0.2, 0.25) is 0 Å². The standard InChI is InChI=1S/C14H24O4/c1-14(2,3)18-13(17)11(9-12(15)16)8-10-6-4-5-7-10/h10-11H,4-9H2,1-3H3,(H,15,16)/t11-/m1/s1. The molecule has 1 saturated carbocycles. The van der Waals surface area contributed by atoms with Crippen LogP contribution < -0.4 is 0 Å². The average molecular weight is 256 g/mol. The third-order valence-corrected chi connectivity index (χ3v) is 3.25. The van der Waals surface area contributed by atoms with Crippen molar-refractivity contribution in [2.75, 3.05) is 0 Å². The highest BCUT2D eigenvalue weighted by Crippen LogP contribution is 2.32. The number of hydrogen-bond acceptors (Lipinski definition) is 3. The summed E-state index contributed by atoms with van der Waals surface area (Å²) in [6.07, 6.45) is 5.14. The number of carbonyl (C=O) groups excluding carboxylic acids is 1. The van der Waals surface area contributed by atoms with Gasteiger partial charge < -0.3 is 9.84 Å². The minimum Gasteiger partial charge on any atom is -0.481 e. The van der Waals surface area contributed by atoms with E-state index >= 15 is 0 Å². The van der Waals surface area contributed by atoms with Crippen LogP contribution in [0.5, 0.6) is 0 Å². The van der Waals surface area contributed by atoms with E-state index in [1.165, 1.54) is 12.8 Å². The van der Waals surface area contributed by atoms with Gasteiger partial charge >= 0.3 is 11.9 Å². The van der Waals surface area contributed by atoms with Crippen molar-refractivity contribution in [2.45, 2.75) is 64.9 Å². The van der Waals surface area contributed by atoms with Gasteiger partial charge in [-0.1, -0.05) is 25.7 Å². The van der Waals surface area contributed by atoms with Gasteiger partial charge in [-0.3, -0.25) is 9.59 Å². The monoisotopic (exact) mass is 256 g/mol. The molecule has 0 unspecified atom stereocenters. The maximum atomic E-state index is 12.0. The molecule has 1 aliphatic rings. The first-order valence-electron chi connectivity index (χ1n) is 6.72. The van der Waals surface area contributed by atoms with Crippen molar-refractivity contribution in [1.82, 2.24) is 0 Å². The Labute approximate surface area is 109 Å². The van der Waals surface area contributed by atoms with Crippen LogP contribution in [0.15, 0.2) is 0 Å². The average Bonchev–Trinajstić information content (AvgIpc) is 2.65. The summed E-state index contributed by atoms with van der Waals surface area (Å²) in [5.74, 6) is -1.30. The molecule has 4 nitrogen and oxygen atoms in total. The van der Waals surface area contributed by atoms with Gasteiger partial charge in [0.15, 0.2) is 0 Å². The molecule has 0 spiro atoms. The molecule has 0 amide bonds. The summed E-state index contributed by atoms with van der Waals surface area (Å²) in [5, 5.41) is 8.90. The lowest BCUT2D eigenvalue weighted by atomic mass is 9.91. The van der Waals surface area contributed by atoms with Gasteiger partial charge in [-0.25, -0.2) is 0 Å². The Hall–Kier alpha value is -1.06. The molecule has 0 aromatic rings. The minimum atomic E-state index is -0.927. The largest absolute Gasteiger partial charge is 0.481 e. The summed E-state index contributed by atoms with van der Waals surface area (Å²) in [6, 6.07) is 0. The van der Waals surface area contributed by atoms with Crippen molar-refractivity contribution >= 4 is 11.9 Å². The van der Waals surface area contributed by atoms with E-state index in [9.17, 15) is 9.59 Å². The third-order valence-electron chi connectivity index (χ3n) is 3.25. The Balaban J connectivity index is 2.58. The van der Waals surface area contributed by atoms with Crippen LogP contribution in [0.1, 0.15) is 59.3 Å². The number of carboxylic acid groups (broad SMARTS) is 1. The van der Waals surface area contributed by atoms with Crippen molar-refractivity contribution in [3.63, 3.8) is 0 Å². The van der Waals surface area contributed by atoms with Crippen molar-refractivity contribution < 1.29 is 19.4 Å². The van der Waals surface area contributed by atoms with Crippen LogP contribution in [0.4, 0.5) is 0 Å². The van der Waals surface area contributed by atoms with Gasteiger partial charge in [-0.15, -0.1) is 0 Å². The fraction of sp³-hybridized carbons (Fsp3) is 0.857. The lowest BCUT2D eigenvalue weighted by Gasteiger charge is -2.24. The first kappa shape index (κ1) is 15.0. The molecule has 0 heterocycles. The number of carbonyl (C=O) groups is 2. The van der Waals surface area contributed by atoms with Crippen LogP contribution in [0.3, 0.4) is 0 Å². The van der Waals surface area contributed by atoms with E-state index in [1.54, 1.807) is 20.8 Å². The van der Waals surface area contributed by atoms with Crippen LogP contribution in [0.2, 0.25) is 0 Å². The normalized spacial score (nSPS) is 18.6. The third kappa shape index (κ3) is 5.52. The molecule has 0 bridgehead atoms. The first-order valence-corrected chi connectivity index (χ1v) is 6.72. The summed E-state index contributed by atoms with van der Waals surface area (Å²) in [7, 11) is 0. The van der Waals surface area contributed by atoms with E-state index in [0.717, 1.165) is 12.8 Å². The predicted octanol–water partition coefficient (Wildman–Crippen LogP) is 3.00. The molecule has 1 aliphatic carbocycles. The minimum absolute atomic E-state index is 0.120. The van der Waals surface area contributed by atoms with E-state index in [2.05, 4.69) is 0 Å². The molecule has 104 valence electrons. The molecule has 1 fully saturated rings. The Morgan fingerprint density at radius 3 is 2.28 bits per heavy atom. The number of ether oxygens (including phenoxy) is 1. The van der Waals surface area contributed by atoms with Crippen LogP contribution in [0.25, 0.3) is 0 Å². The molecule has 4 heteroatoms. The van der Waals surface area contributed by atoms with E-state index in [4.69, 9.17) is 9.84 Å². The van der Waals surface area contributed by atoms with Gasteiger partial charge in [-0.2, -0.15) is 0 Å². The Morgan fingerprint density at radius 1 is 1.28 bits per heavy atom. The van der Waals surface area contributed by atoms with Crippen molar-refractivity contribution in [1.29, 1.82) is 0 Å². The van der Waals surface area contributed by atoms with E-state index in [1.807, 2.05) is 0 Å². The lowest BCUT2D eigenvalue weighted by Crippen LogP contribution is -2.30. The highest BCUT2D eigenvalue weighted by atomic mass is 16.6. The topological polar surface area (TPSA) is 63.6 Å². The van der Waals surface area contributed by atoms with Crippen molar-refractivity contribution in [3.8, 4) is 0 Å². The second kappa shape index (κ2) is 6.21. The van der Waals surface area contributed by atoms with Crippen molar-refractivity contribution in [2.24, 2.45) is 11.8 Å². The second-order valence-corrected chi connectivity index (χ2v) is 6.21. The molecule has 0 aromatic heterocycles. The molecule has 1 rings (SSSR count). The molecular weight excluding hydrogens is 232 g/mol. The quantitative estimate of drug-likeness (QED) is 0.768. The highest BCUT2D eigenvalue weighted by molar-refractivity contribution is 5.79. The molecule has 0 saturated heterocycles. The van der Waals surface area contributed by atoms with E-state index in [0.29, 0.717) is 12.3 Å². The molecule has 18 heavy (non-hydrogen) atoms. The van der Waals surface area contributed by atoms with E-state index in [-0.39, 0.29) is 12.4 Å². The Morgan fingerprint density at radius 2 is 1.83 bits per heavy atom. The zero-order valence-electron chi connectivity index (χ0n) is 11.6. The van der Waals surface area contributed by atoms with E-state index < -0.39 is 17.5 Å². The van der Waals surface area contributed by atoms with Gasteiger partial charge in [-0.05, 0) is 33.1 Å². The predicted molar refractivity (Wildman–Crippen MR) is 68.2 cm³/mol. The molecule has 1 atom stereocenters. The van der Waals surface area contributed by atoms with Gasteiger partial charge in [0.05, 0.1) is 12.3 Å². The van der Waals surface area contributed by atoms with Crippen molar-refractivity contribution in [3.05, 3.63) is 0 Å². The molecular formula is C14H24O4. The fourth-order valence-electron chi connectivity index (χ4n) is 2.51. The second-order valence-electron chi connectivity index (χ2n) is 6.21. The van der Waals surface area contributed by atoms with Gasteiger partial charge in [0.1, 0.15) is 5.60 Å². The fourth-order valence-corrected chi connectivity index (χ4v) is 2.51. The zero-order chi connectivity index (χ0) is 13.8. The van der Waals surface area contributed by atoms with Gasteiger partial charge in [0.25, 0.3) is 0 Å². The summed E-state index contributed by atoms with van der Waals surface area (Å²) in [6.45, 7) is 5.41. The summed E-state index contributed by atoms with van der Waals surface area (Å²) in [5.41, 5.74) is -0.552. The smallest absolute Gasteiger partial charge is 0.310 e. The van der Waals surface area contributed by atoms with Crippen LogP contribution in [0, 0.1) is 11.8 Å². The molecule has 1 N–H and O–H groups in total.